The van der Waals surface area contributed by atoms with E-state index in [2.05, 4.69) is 15.9 Å². The molecule has 1 aromatic rings. The zero-order chi connectivity index (χ0) is 9.84. The third-order valence-electron chi connectivity index (χ3n) is 1.34. The van der Waals surface area contributed by atoms with Crippen molar-refractivity contribution in [3.05, 3.63) is 34.1 Å². The summed E-state index contributed by atoms with van der Waals surface area (Å²) in [4.78, 5) is 11.1. The van der Waals surface area contributed by atoms with Crippen LogP contribution in [0, 0.1) is 17.3 Å². The Balaban J connectivity index is 3.07. The van der Waals surface area contributed by atoms with E-state index in [0.717, 1.165) is 6.07 Å². The monoisotopic (exact) mass is 242 g/mol. The number of rotatable bonds is 1. The minimum absolute atomic E-state index is 0.0987. The predicted octanol–water partition coefficient (Wildman–Crippen LogP) is 1.80. The number of benzene rings is 1. The van der Waals surface area contributed by atoms with Gasteiger partial charge in [-0.1, -0.05) is 0 Å². The highest BCUT2D eigenvalue weighted by molar-refractivity contribution is 9.10. The molecule has 0 radical (unpaired) electrons. The number of carbonyl (C=O) groups excluding carboxylic acids is 1. The largest absolute Gasteiger partial charge is 0.268 e. The molecule has 0 heterocycles. The Labute approximate surface area is 82.3 Å². The Morgan fingerprint density at radius 2 is 2.31 bits per heavy atom. The summed E-state index contributed by atoms with van der Waals surface area (Å²) in [5, 5.41) is 10.1. The summed E-state index contributed by atoms with van der Waals surface area (Å²) in [6, 6.07) is 3.67. The summed E-state index contributed by atoms with van der Waals surface area (Å²) in [5.74, 6) is -1.15. The Bertz CT molecular complexity index is 386. The number of nitrogens with zero attached hydrogens (tertiary/aromatic N) is 1. The first-order valence-electron chi connectivity index (χ1n) is 3.29. The molecule has 0 fully saturated rings. The van der Waals surface area contributed by atoms with Crippen LogP contribution in [0.4, 0.5) is 4.39 Å². The quantitative estimate of drug-likeness (QED) is 0.603. The van der Waals surface area contributed by atoms with Crippen molar-refractivity contribution in [3.8, 4) is 6.19 Å². The lowest BCUT2D eigenvalue weighted by molar-refractivity contribution is 0.0971. The maximum atomic E-state index is 12.7. The number of hydrogen-bond acceptors (Lipinski definition) is 2. The maximum Gasteiger partial charge on any atom is 0.265 e. The van der Waals surface area contributed by atoms with Crippen LogP contribution in [-0.4, -0.2) is 5.91 Å². The van der Waals surface area contributed by atoms with Crippen LogP contribution >= 0.6 is 15.9 Å². The normalized spacial score (nSPS) is 9.00. The third kappa shape index (κ3) is 2.26. The molecule has 66 valence electrons. The van der Waals surface area contributed by atoms with Crippen molar-refractivity contribution in [1.82, 2.24) is 5.32 Å². The van der Waals surface area contributed by atoms with Gasteiger partial charge in [-0.15, -0.1) is 0 Å². The van der Waals surface area contributed by atoms with E-state index < -0.39 is 11.7 Å². The first kappa shape index (κ1) is 9.68. The minimum Gasteiger partial charge on any atom is -0.268 e. The zero-order valence-corrected chi connectivity index (χ0v) is 7.93. The van der Waals surface area contributed by atoms with Crippen molar-refractivity contribution >= 4 is 21.8 Å². The van der Waals surface area contributed by atoms with Gasteiger partial charge in [0.1, 0.15) is 5.82 Å². The van der Waals surface area contributed by atoms with Crippen LogP contribution in [0.15, 0.2) is 22.7 Å². The summed E-state index contributed by atoms with van der Waals surface area (Å²) in [7, 11) is 0. The van der Waals surface area contributed by atoms with Crippen molar-refractivity contribution in [2.45, 2.75) is 0 Å². The summed E-state index contributed by atoms with van der Waals surface area (Å²) < 4.78 is 13.1. The topological polar surface area (TPSA) is 52.9 Å². The van der Waals surface area contributed by atoms with Crippen LogP contribution in [-0.2, 0) is 0 Å². The molecule has 0 saturated carbocycles. The summed E-state index contributed by atoms with van der Waals surface area (Å²) in [6.45, 7) is 0. The van der Waals surface area contributed by atoms with E-state index in [4.69, 9.17) is 5.26 Å². The molecule has 0 atom stereocenters. The van der Waals surface area contributed by atoms with Crippen LogP contribution in [0.3, 0.4) is 0 Å². The minimum atomic E-state index is -0.631. The molecule has 0 aliphatic carbocycles. The van der Waals surface area contributed by atoms with E-state index in [9.17, 15) is 9.18 Å². The average molecular weight is 243 g/mol. The van der Waals surface area contributed by atoms with E-state index in [1.165, 1.54) is 18.3 Å². The lowest BCUT2D eigenvalue weighted by Crippen LogP contribution is -2.17. The fourth-order valence-corrected chi connectivity index (χ4v) is 1.22. The highest BCUT2D eigenvalue weighted by Crippen LogP contribution is 2.17. The van der Waals surface area contributed by atoms with Crippen LogP contribution in [0.2, 0.25) is 0 Å². The molecule has 0 aliphatic heterocycles. The first-order valence-corrected chi connectivity index (χ1v) is 4.09. The smallest absolute Gasteiger partial charge is 0.265 e. The van der Waals surface area contributed by atoms with Gasteiger partial charge in [0, 0.05) is 4.47 Å². The van der Waals surface area contributed by atoms with Crippen molar-refractivity contribution in [2.24, 2.45) is 0 Å². The molecule has 1 amide bonds. The van der Waals surface area contributed by atoms with Crippen LogP contribution in [0.1, 0.15) is 10.4 Å². The lowest BCUT2D eigenvalue weighted by Gasteiger charge is -2.00. The summed E-state index contributed by atoms with van der Waals surface area (Å²) in [5.41, 5.74) is 0.0987. The van der Waals surface area contributed by atoms with Gasteiger partial charge in [0.2, 0.25) is 0 Å². The van der Waals surface area contributed by atoms with Crippen molar-refractivity contribution in [2.75, 3.05) is 0 Å². The van der Waals surface area contributed by atoms with Gasteiger partial charge in [0.05, 0.1) is 5.56 Å². The maximum absolute atomic E-state index is 12.7. The Kier molecular flexibility index (Phi) is 2.98. The Morgan fingerprint density at radius 3 is 2.92 bits per heavy atom. The molecule has 0 aliphatic rings. The Morgan fingerprint density at radius 1 is 1.62 bits per heavy atom. The molecule has 0 unspecified atom stereocenters. The number of halogens is 2. The standard InChI is InChI=1S/C8H4BrFN2O/c9-7-2-1-5(10)3-6(7)8(13)12-4-11/h1-3H,(H,12,13). The molecule has 0 spiro atoms. The first-order chi connectivity index (χ1) is 6.15. The molecule has 1 aromatic carbocycles. The molecule has 5 heteroatoms. The second kappa shape index (κ2) is 4.01. The fraction of sp³-hybridized carbons (Fsp3) is 0. The van der Waals surface area contributed by atoms with Gasteiger partial charge >= 0.3 is 0 Å². The molecule has 1 N–H and O–H groups in total. The number of carbonyl (C=O) groups is 1. The number of nitriles is 1. The van der Waals surface area contributed by atoms with E-state index in [1.54, 1.807) is 0 Å². The van der Waals surface area contributed by atoms with Gasteiger partial charge in [-0.25, -0.2) is 4.39 Å². The van der Waals surface area contributed by atoms with Gasteiger partial charge < -0.3 is 0 Å². The predicted molar refractivity (Wildman–Crippen MR) is 47.2 cm³/mol. The van der Waals surface area contributed by atoms with Crippen LogP contribution in [0.5, 0.6) is 0 Å². The molecule has 0 bridgehead atoms. The molecule has 13 heavy (non-hydrogen) atoms. The molecule has 1 rings (SSSR count). The third-order valence-corrected chi connectivity index (χ3v) is 2.03. The van der Waals surface area contributed by atoms with Crippen molar-refractivity contribution < 1.29 is 9.18 Å². The van der Waals surface area contributed by atoms with Crippen LogP contribution in [0.25, 0.3) is 0 Å². The second-order valence-electron chi connectivity index (χ2n) is 2.19. The van der Waals surface area contributed by atoms with Crippen molar-refractivity contribution in [1.29, 1.82) is 5.26 Å². The number of nitrogens with one attached hydrogen (secondary N) is 1. The molecule has 0 aromatic heterocycles. The van der Waals surface area contributed by atoms with E-state index >= 15 is 0 Å². The van der Waals surface area contributed by atoms with Gasteiger partial charge in [0.25, 0.3) is 5.91 Å². The van der Waals surface area contributed by atoms with Gasteiger partial charge in [-0.05, 0) is 34.1 Å². The van der Waals surface area contributed by atoms with E-state index in [-0.39, 0.29) is 5.56 Å². The van der Waals surface area contributed by atoms with E-state index in [1.807, 2.05) is 5.32 Å². The molecular formula is C8H4BrFN2O. The highest BCUT2D eigenvalue weighted by Gasteiger charge is 2.09. The fourth-order valence-electron chi connectivity index (χ4n) is 0.790. The molecule has 0 saturated heterocycles. The second-order valence-corrected chi connectivity index (χ2v) is 3.04. The lowest BCUT2D eigenvalue weighted by atomic mass is 10.2. The summed E-state index contributed by atoms with van der Waals surface area (Å²) >= 11 is 3.06. The summed E-state index contributed by atoms with van der Waals surface area (Å²) in [6.07, 6.45) is 1.47. The van der Waals surface area contributed by atoms with Gasteiger partial charge in [-0.2, -0.15) is 5.26 Å². The zero-order valence-electron chi connectivity index (χ0n) is 6.34. The van der Waals surface area contributed by atoms with E-state index in [0.29, 0.717) is 4.47 Å². The molecular weight excluding hydrogens is 239 g/mol. The highest BCUT2D eigenvalue weighted by atomic mass is 79.9. The molecule has 3 nitrogen and oxygen atoms in total. The number of hydrogen-bond donors (Lipinski definition) is 1. The SMILES string of the molecule is N#CNC(=O)c1cc(F)ccc1Br. The average Bonchev–Trinajstić information content (AvgIpc) is 2.09. The Hall–Kier alpha value is -1.41. The van der Waals surface area contributed by atoms with Gasteiger partial charge in [-0.3, -0.25) is 10.1 Å². The van der Waals surface area contributed by atoms with Crippen molar-refractivity contribution in [3.63, 3.8) is 0 Å². The van der Waals surface area contributed by atoms with Crippen LogP contribution < -0.4 is 5.32 Å². The van der Waals surface area contributed by atoms with Gasteiger partial charge in [0.15, 0.2) is 6.19 Å². The number of amides is 1.